The Balaban J connectivity index is 1.51. The van der Waals surface area contributed by atoms with Gasteiger partial charge in [0.25, 0.3) is 0 Å². The first-order valence-corrected chi connectivity index (χ1v) is 16.4. The molecule has 244 valence electrons. The number of aliphatic imine (C=N–C) groups is 1. The molecule has 0 aromatic rings. The van der Waals surface area contributed by atoms with Crippen LogP contribution in [0.3, 0.4) is 0 Å². The van der Waals surface area contributed by atoms with Gasteiger partial charge in [-0.05, 0) is 58.7 Å². The summed E-state index contributed by atoms with van der Waals surface area (Å²) in [5.41, 5.74) is 9.10. The van der Waals surface area contributed by atoms with Crippen LogP contribution < -0.4 is 21.7 Å². The lowest BCUT2D eigenvalue weighted by molar-refractivity contribution is -0.136. The van der Waals surface area contributed by atoms with Crippen LogP contribution in [-0.2, 0) is 9.59 Å². The molecule has 4 heterocycles. The fraction of sp³-hybridized carbons (Fsp3) is 0.667. The molecule has 0 bridgehead atoms. The zero-order valence-electron chi connectivity index (χ0n) is 26.5. The van der Waals surface area contributed by atoms with Gasteiger partial charge in [-0.15, -0.1) is 0 Å². The minimum atomic E-state index is -1.29. The van der Waals surface area contributed by atoms with E-state index in [0.717, 1.165) is 50.0 Å². The molecule has 5 atom stereocenters. The number of nitrogens with two attached hydrogens (primary N) is 1. The summed E-state index contributed by atoms with van der Waals surface area (Å²) in [6, 6.07) is 0. The summed E-state index contributed by atoms with van der Waals surface area (Å²) < 4.78 is 30.2. The van der Waals surface area contributed by atoms with E-state index in [-0.39, 0.29) is 24.8 Å². The number of amides is 2. The number of nitrogens with one attached hydrogen (secondary N) is 3. The number of unbranched alkanes of at least 4 members (excludes halogenated alkanes) is 1. The van der Waals surface area contributed by atoms with Crippen molar-refractivity contribution in [3.05, 3.63) is 47.1 Å². The Labute approximate surface area is 261 Å². The summed E-state index contributed by atoms with van der Waals surface area (Å²) in [4.78, 5) is 35.6. The van der Waals surface area contributed by atoms with Gasteiger partial charge in [0.2, 0.25) is 11.8 Å². The zero-order valence-corrected chi connectivity index (χ0v) is 26.5. The molecule has 0 aromatic carbocycles. The van der Waals surface area contributed by atoms with Gasteiger partial charge in [0.1, 0.15) is 18.3 Å². The van der Waals surface area contributed by atoms with E-state index >= 15 is 4.39 Å². The second-order valence-electron chi connectivity index (χ2n) is 12.4. The number of nitrogens with zero attached hydrogens (tertiary/aromatic N) is 3. The van der Waals surface area contributed by atoms with Crippen LogP contribution >= 0.6 is 0 Å². The predicted octanol–water partition coefficient (Wildman–Crippen LogP) is 3.67. The Morgan fingerprint density at radius 3 is 2.64 bits per heavy atom. The average Bonchev–Trinajstić information content (AvgIpc) is 3.01. The number of carbonyl (C=O) groups excluding carboxylic acids is 2. The van der Waals surface area contributed by atoms with Crippen molar-refractivity contribution < 1.29 is 18.4 Å². The summed E-state index contributed by atoms with van der Waals surface area (Å²) in [5.74, 6) is -1.81. The first-order chi connectivity index (χ1) is 21.2. The Hall–Kier alpha value is -3.05. The molecule has 0 aliphatic carbocycles. The van der Waals surface area contributed by atoms with Gasteiger partial charge < -0.3 is 31.5 Å². The topological polar surface area (TPSA) is 115 Å². The number of hydrogen-bond donors (Lipinski definition) is 4. The number of allylic oxidation sites excluding steroid dienone is 4. The molecule has 4 aliphatic rings. The molecular weight excluding hydrogens is 564 g/mol. The van der Waals surface area contributed by atoms with Gasteiger partial charge in [-0.1, -0.05) is 44.1 Å². The molecular formula is C33H51F2N7O2. The second kappa shape index (κ2) is 16.3. The van der Waals surface area contributed by atoms with Crippen molar-refractivity contribution in [3.8, 4) is 0 Å². The highest BCUT2D eigenvalue weighted by atomic mass is 19.1. The molecule has 1 fully saturated rings. The molecule has 11 heteroatoms. The van der Waals surface area contributed by atoms with E-state index in [2.05, 4.69) is 39.8 Å². The smallest absolute Gasteiger partial charge is 0.236 e. The Kier molecular flexibility index (Phi) is 12.5. The standard InChI is InChI=1S/C33H51F2N7O2/c1-4-6-8-25-10-9-24(34)19-38-27(7-5-2)30(31(36)39-25)32(43)40-28-21-37-20-26(35)29(28)22-13-17-42(18-14-22)33(44)23-11-15-41(3)16-12-23/h7,10,13,19,21,23-24,26,29-31,37,39H,4-6,8-9,11-12,14-18,20,36H2,1-3H3,(H,40,43)/b25-10-,27-7-,38-19-. The Bertz CT molecular complexity index is 1160. The van der Waals surface area contributed by atoms with Crippen LogP contribution in [0.25, 0.3) is 0 Å². The zero-order chi connectivity index (χ0) is 31.6. The maximum atomic E-state index is 15.6. The molecule has 5 N–H and O–H groups in total. The molecule has 0 saturated carbocycles. The third kappa shape index (κ3) is 8.78. The summed E-state index contributed by atoms with van der Waals surface area (Å²) in [6.07, 6.45) is 10.6. The summed E-state index contributed by atoms with van der Waals surface area (Å²) in [7, 11) is 2.08. The Morgan fingerprint density at radius 1 is 1.18 bits per heavy atom. The number of rotatable bonds is 8. The van der Waals surface area contributed by atoms with Gasteiger partial charge in [0, 0.05) is 55.8 Å². The van der Waals surface area contributed by atoms with Crippen LogP contribution in [0.4, 0.5) is 8.78 Å². The van der Waals surface area contributed by atoms with Gasteiger partial charge in [-0.3, -0.25) is 14.6 Å². The van der Waals surface area contributed by atoms with E-state index in [1.165, 1.54) is 6.21 Å². The number of likely N-dealkylation sites (tertiary alicyclic amines) is 1. The molecule has 4 aliphatic heterocycles. The highest BCUT2D eigenvalue weighted by molar-refractivity contribution is 5.85. The number of piperidine rings is 1. The van der Waals surface area contributed by atoms with Crippen molar-refractivity contribution in [3.63, 3.8) is 0 Å². The van der Waals surface area contributed by atoms with Gasteiger partial charge in [0.05, 0.1) is 17.8 Å². The molecule has 4 rings (SSSR count). The third-order valence-electron chi connectivity index (χ3n) is 9.06. The quantitative estimate of drug-likeness (QED) is 0.310. The van der Waals surface area contributed by atoms with E-state index in [1.807, 2.05) is 17.9 Å². The van der Waals surface area contributed by atoms with Crippen molar-refractivity contribution in [2.75, 3.05) is 39.8 Å². The molecule has 0 radical (unpaired) electrons. The maximum absolute atomic E-state index is 15.6. The normalized spacial score (nSPS) is 32.0. The maximum Gasteiger partial charge on any atom is 0.236 e. The van der Waals surface area contributed by atoms with Crippen molar-refractivity contribution in [2.24, 2.45) is 28.5 Å². The number of halogens is 2. The summed E-state index contributed by atoms with van der Waals surface area (Å²) in [5, 5.41) is 9.20. The first kappa shape index (κ1) is 33.8. The highest BCUT2D eigenvalue weighted by Crippen LogP contribution is 2.33. The molecule has 5 unspecified atom stereocenters. The van der Waals surface area contributed by atoms with E-state index in [1.54, 1.807) is 18.4 Å². The monoisotopic (exact) mass is 615 g/mol. The van der Waals surface area contributed by atoms with Gasteiger partial charge in [-0.2, -0.15) is 0 Å². The minimum absolute atomic E-state index is 0.0387. The van der Waals surface area contributed by atoms with Crippen molar-refractivity contribution in [1.82, 2.24) is 25.8 Å². The molecule has 2 amide bonds. The molecule has 0 aromatic heterocycles. The van der Waals surface area contributed by atoms with Gasteiger partial charge >= 0.3 is 0 Å². The van der Waals surface area contributed by atoms with Crippen LogP contribution in [0.15, 0.2) is 52.1 Å². The van der Waals surface area contributed by atoms with Gasteiger partial charge in [-0.25, -0.2) is 8.78 Å². The highest BCUT2D eigenvalue weighted by Gasteiger charge is 2.37. The minimum Gasteiger partial charge on any atom is -0.387 e. The SMILES string of the molecule is CC/C=C1\N=C/C(F)C/C=C(/CCCC)NC(N)C1C(=O)NC1=CNCC(F)C1C1=CCN(C(=O)C2CCN(C)CC2)CC1. The molecule has 1 saturated heterocycles. The number of alkyl halides is 2. The van der Waals surface area contributed by atoms with Crippen LogP contribution in [0.2, 0.25) is 0 Å². The predicted molar refractivity (Wildman–Crippen MR) is 171 cm³/mol. The lowest BCUT2D eigenvalue weighted by Crippen LogP contribution is -2.52. The van der Waals surface area contributed by atoms with E-state index < -0.39 is 36.3 Å². The van der Waals surface area contributed by atoms with Crippen molar-refractivity contribution >= 4 is 18.0 Å². The van der Waals surface area contributed by atoms with E-state index in [4.69, 9.17) is 5.73 Å². The molecule has 9 nitrogen and oxygen atoms in total. The fourth-order valence-corrected chi connectivity index (χ4v) is 6.46. The lowest BCUT2D eigenvalue weighted by Gasteiger charge is -2.37. The van der Waals surface area contributed by atoms with E-state index in [9.17, 15) is 14.0 Å². The van der Waals surface area contributed by atoms with Crippen molar-refractivity contribution in [1.29, 1.82) is 0 Å². The van der Waals surface area contributed by atoms with Crippen LogP contribution in [0.1, 0.15) is 65.2 Å². The molecule has 0 spiro atoms. The van der Waals surface area contributed by atoms with E-state index in [0.29, 0.717) is 43.7 Å². The lowest BCUT2D eigenvalue weighted by atomic mass is 9.84. The average molecular weight is 616 g/mol. The first-order valence-electron chi connectivity index (χ1n) is 16.4. The van der Waals surface area contributed by atoms with Crippen LogP contribution in [0.5, 0.6) is 0 Å². The summed E-state index contributed by atoms with van der Waals surface area (Å²) in [6.45, 7) is 6.93. The van der Waals surface area contributed by atoms with Crippen LogP contribution in [0, 0.1) is 17.8 Å². The van der Waals surface area contributed by atoms with Gasteiger partial charge in [0.15, 0.2) is 0 Å². The Morgan fingerprint density at radius 2 is 1.95 bits per heavy atom. The molecule has 44 heavy (non-hydrogen) atoms. The van der Waals surface area contributed by atoms with Crippen molar-refractivity contribution in [2.45, 2.75) is 83.7 Å². The number of carbonyl (C=O) groups is 2. The third-order valence-corrected chi connectivity index (χ3v) is 9.06. The largest absolute Gasteiger partial charge is 0.387 e. The fourth-order valence-electron chi connectivity index (χ4n) is 6.46. The second-order valence-corrected chi connectivity index (χ2v) is 12.4. The van der Waals surface area contributed by atoms with Crippen LogP contribution in [-0.4, -0.2) is 86.1 Å². The number of hydrogen-bond acceptors (Lipinski definition) is 7. The summed E-state index contributed by atoms with van der Waals surface area (Å²) >= 11 is 0.